The van der Waals surface area contributed by atoms with E-state index in [1.807, 2.05) is 5.43 Å². The summed E-state index contributed by atoms with van der Waals surface area (Å²) in [6, 6.07) is 7.78. The maximum absolute atomic E-state index is 15.3. The SMILES string of the molecule is Cc1ccc(S(=O)(=O)n2c(S(=O)(=O)N3CCCC3)cc3c(C(=O)NN)c(C)cc(F)c32)cc1.Cl. The fraction of sp³-hybridized carbons (Fsp3) is 0.286. The van der Waals surface area contributed by atoms with Gasteiger partial charge in [-0.25, -0.2) is 31.0 Å². The Morgan fingerprint density at radius 3 is 2.15 bits per heavy atom. The van der Waals surface area contributed by atoms with Crippen LogP contribution in [0.3, 0.4) is 0 Å². The van der Waals surface area contributed by atoms with Crippen LogP contribution in [0.4, 0.5) is 4.39 Å². The molecule has 9 nitrogen and oxygen atoms in total. The molecule has 13 heteroatoms. The number of nitrogens with two attached hydrogens (primary N) is 1. The average molecular weight is 531 g/mol. The molecule has 0 unspecified atom stereocenters. The summed E-state index contributed by atoms with van der Waals surface area (Å²) in [7, 11) is -8.88. The zero-order chi connectivity index (χ0) is 24.1. The van der Waals surface area contributed by atoms with E-state index >= 15 is 4.39 Å². The number of carbonyl (C=O) groups is 1. The van der Waals surface area contributed by atoms with Crippen molar-refractivity contribution in [2.45, 2.75) is 36.6 Å². The maximum Gasteiger partial charge on any atom is 0.269 e. The molecular weight excluding hydrogens is 507 g/mol. The highest BCUT2D eigenvalue weighted by Gasteiger charge is 2.37. The Balaban J connectivity index is 0.00000324. The van der Waals surface area contributed by atoms with Crippen LogP contribution in [-0.2, 0) is 20.0 Å². The van der Waals surface area contributed by atoms with Crippen LogP contribution in [0.5, 0.6) is 0 Å². The molecule has 0 radical (unpaired) electrons. The van der Waals surface area contributed by atoms with E-state index in [-0.39, 0.29) is 46.9 Å². The molecule has 34 heavy (non-hydrogen) atoms. The normalized spacial score (nSPS) is 14.8. The van der Waals surface area contributed by atoms with Crippen molar-refractivity contribution < 1.29 is 26.0 Å². The predicted molar refractivity (Wildman–Crippen MR) is 127 cm³/mol. The van der Waals surface area contributed by atoms with Crippen LogP contribution in [0.2, 0.25) is 0 Å². The van der Waals surface area contributed by atoms with Crippen LogP contribution in [0.15, 0.2) is 46.3 Å². The molecule has 1 aliphatic rings. The largest absolute Gasteiger partial charge is 0.290 e. The fourth-order valence-corrected chi connectivity index (χ4v) is 7.65. The van der Waals surface area contributed by atoms with Crippen molar-refractivity contribution >= 4 is 49.3 Å². The molecule has 0 spiro atoms. The monoisotopic (exact) mass is 530 g/mol. The van der Waals surface area contributed by atoms with Gasteiger partial charge in [0.05, 0.1) is 10.5 Å². The van der Waals surface area contributed by atoms with E-state index in [1.54, 1.807) is 19.1 Å². The molecule has 2 aromatic carbocycles. The standard InChI is InChI=1S/C21H23FN4O5S2.ClH/c1-13-5-7-15(8-6-13)32(28,29)26-18(33(30,31)25-9-3-4-10-25)12-16-19(21(27)24-23)14(2)11-17(22)20(16)26;/h5-8,11-12H,3-4,9-10,23H2,1-2H3,(H,24,27);1H. The number of halogens is 2. The second-order valence-electron chi connectivity index (χ2n) is 7.96. The van der Waals surface area contributed by atoms with E-state index < -0.39 is 42.3 Å². The van der Waals surface area contributed by atoms with Crippen LogP contribution in [0, 0.1) is 19.7 Å². The molecule has 0 saturated carbocycles. The third kappa shape index (κ3) is 4.09. The van der Waals surface area contributed by atoms with E-state index in [0.717, 1.165) is 22.0 Å². The summed E-state index contributed by atoms with van der Waals surface area (Å²) in [6.07, 6.45) is 1.25. The van der Waals surface area contributed by atoms with Crippen molar-refractivity contribution in [3.63, 3.8) is 0 Å². The zero-order valence-electron chi connectivity index (χ0n) is 18.4. The van der Waals surface area contributed by atoms with Crippen molar-refractivity contribution in [3.05, 3.63) is 58.9 Å². The molecule has 3 N–H and O–H groups in total. The molecule has 0 bridgehead atoms. The summed E-state index contributed by atoms with van der Waals surface area (Å²) in [4.78, 5) is 12.3. The third-order valence-electron chi connectivity index (χ3n) is 5.75. The van der Waals surface area contributed by atoms with Gasteiger partial charge in [0.15, 0.2) is 5.03 Å². The number of nitrogens with zero attached hydrogens (tertiary/aromatic N) is 2. The van der Waals surface area contributed by atoms with Crippen LogP contribution in [0.1, 0.15) is 34.3 Å². The molecule has 0 aliphatic carbocycles. The Hall–Kier alpha value is -2.51. The summed E-state index contributed by atoms with van der Waals surface area (Å²) in [5.74, 6) is 3.50. The first kappa shape index (κ1) is 26.1. The number of nitrogens with one attached hydrogen (secondary N) is 1. The smallest absolute Gasteiger partial charge is 0.269 e. The van der Waals surface area contributed by atoms with Gasteiger partial charge in [-0.3, -0.25) is 10.2 Å². The van der Waals surface area contributed by atoms with Crippen LogP contribution >= 0.6 is 12.4 Å². The van der Waals surface area contributed by atoms with Gasteiger partial charge in [0.2, 0.25) is 0 Å². The molecule has 1 fully saturated rings. The second kappa shape index (κ2) is 9.27. The molecule has 184 valence electrons. The quantitative estimate of drug-likeness (QED) is 0.296. The van der Waals surface area contributed by atoms with Gasteiger partial charge in [0.25, 0.3) is 26.0 Å². The third-order valence-corrected chi connectivity index (χ3v) is 9.46. The molecule has 1 aromatic heterocycles. The minimum atomic E-state index is -4.56. The number of sulfonamides is 1. The van der Waals surface area contributed by atoms with Crippen LogP contribution in [-0.4, -0.2) is 44.1 Å². The average Bonchev–Trinajstić information content (AvgIpc) is 3.43. The lowest BCUT2D eigenvalue weighted by molar-refractivity contribution is 0.0954. The number of hydrazine groups is 1. The Bertz CT molecular complexity index is 1480. The molecule has 1 saturated heterocycles. The molecule has 3 aromatic rings. The number of nitrogen functional groups attached to an aromatic ring is 1. The van der Waals surface area contributed by atoms with Crippen molar-refractivity contribution in [3.8, 4) is 0 Å². The van der Waals surface area contributed by atoms with Gasteiger partial charge in [0, 0.05) is 18.5 Å². The predicted octanol–water partition coefficient (Wildman–Crippen LogP) is 2.44. The van der Waals surface area contributed by atoms with E-state index in [1.165, 1.54) is 19.1 Å². The van der Waals surface area contributed by atoms with Gasteiger partial charge in [-0.05, 0) is 56.5 Å². The number of fused-ring (bicyclic) bond motifs is 1. The second-order valence-corrected chi connectivity index (χ2v) is 11.6. The Kier molecular flexibility index (Phi) is 7.11. The minimum Gasteiger partial charge on any atom is -0.290 e. The van der Waals surface area contributed by atoms with Crippen LogP contribution < -0.4 is 11.3 Å². The number of aryl methyl sites for hydroxylation is 2. The minimum absolute atomic E-state index is 0. The first-order valence-electron chi connectivity index (χ1n) is 10.2. The van der Waals surface area contributed by atoms with Gasteiger partial charge >= 0.3 is 0 Å². The molecule has 1 aliphatic heterocycles. The number of hydrogen-bond donors (Lipinski definition) is 2. The lowest BCUT2D eigenvalue weighted by Crippen LogP contribution is -2.31. The summed E-state index contributed by atoms with van der Waals surface area (Å²) in [5, 5.41) is -0.792. The van der Waals surface area contributed by atoms with E-state index in [2.05, 4.69) is 0 Å². The molecular formula is C21H24ClFN4O5S2. The maximum atomic E-state index is 15.3. The topological polar surface area (TPSA) is 132 Å². The van der Waals surface area contributed by atoms with Gasteiger partial charge in [-0.1, -0.05) is 17.7 Å². The zero-order valence-corrected chi connectivity index (χ0v) is 20.9. The van der Waals surface area contributed by atoms with Crippen molar-refractivity contribution in [1.29, 1.82) is 0 Å². The van der Waals surface area contributed by atoms with Gasteiger partial charge in [-0.15, -0.1) is 12.4 Å². The number of amides is 1. The van der Waals surface area contributed by atoms with Crippen molar-refractivity contribution in [2.24, 2.45) is 5.84 Å². The van der Waals surface area contributed by atoms with E-state index in [4.69, 9.17) is 5.84 Å². The number of hydrogen-bond acceptors (Lipinski definition) is 6. The Labute approximate surface area is 203 Å². The highest BCUT2D eigenvalue weighted by atomic mass is 35.5. The van der Waals surface area contributed by atoms with E-state index in [0.29, 0.717) is 16.8 Å². The first-order valence-corrected chi connectivity index (χ1v) is 13.1. The fourth-order valence-electron chi connectivity index (χ4n) is 4.10. The highest BCUT2D eigenvalue weighted by molar-refractivity contribution is 7.92. The van der Waals surface area contributed by atoms with Crippen LogP contribution in [0.25, 0.3) is 10.9 Å². The van der Waals surface area contributed by atoms with Crippen molar-refractivity contribution in [1.82, 2.24) is 13.7 Å². The molecule has 0 atom stereocenters. The van der Waals surface area contributed by atoms with Gasteiger partial charge in [0.1, 0.15) is 11.3 Å². The molecule has 1 amide bonds. The summed E-state index contributed by atoms with van der Waals surface area (Å²) >= 11 is 0. The lowest BCUT2D eigenvalue weighted by Gasteiger charge is -2.18. The summed E-state index contributed by atoms with van der Waals surface area (Å²) in [5.41, 5.74) is 2.29. The summed E-state index contributed by atoms with van der Waals surface area (Å²) in [6.45, 7) is 3.65. The van der Waals surface area contributed by atoms with Crippen molar-refractivity contribution in [2.75, 3.05) is 13.1 Å². The Morgan fingerprint density at radius 1 is 1.00 bits per heavy atom. The number of carbonyl (C=O) groups excluding carboxylic acids is 1. The highest BCUT2D eigenvalue weighted by Crippen LogP contribution is 2.35. The molecule has 2 heterocycles. The van der Waals surface area contributed by atoms with Gasteiger partial charge < -0.3 is 0 Å². The number of benzene rings is 2. The lowest BCUT2D eigenvalue weighted by atomic mass is 10.0. The molecule has 4 rings (SSSR count). The first-order chi connectivity index (χ1) is 15.5. The summed E-state index contributed by atoms with van der Waals surface area (Å²) < 4.78 is 71.3. The van der Waals surface area contributed by atoms with Gasteiger partial charge in [-0.2, -0.15) is 4.31 Å². The van der Waals surface area contributed by atoms with E-state index in [9.17, 15) is 21.6 Å². The number of rotatable bonds is 5. The number of aromatic nitrogens is 1. The Morgan fingerprint density at radius 2 is 1.59 bits per heavy atom.